The van der Waals surface area contributed by atoms with Gasteiger partial charge in [-0.05, 0) is 42.8 Å². The molecule has 7 rings (SSSR count). The Balaban J connectivity index is 1.33. The third kappa shape index (κ3) is 4.53. The minimum absolute atomic E-state index is 0.0875. The largest absolute Gasteiger partial charge is 0.458 e. The lowest BCUT2D eigenvalue weighted by molar-refractivity contribution is -0.172. The van der Waals surface area contributed by atoms with Crippen LogP contribution in [0.3, 0.4) is 0 Å². The van der Waals surface area contributed by atoms with Gasteiger partial charge >= 0.3 is 5.97 Å². The number of para-hydroxylation sites is 3. The van der Waals surface area contributed by atoms with Gasteiger partial charge in [0, 0.05) is 43.8 Å². The smallest absolute Gasteiger partial charge is 0.343 e. The van der Waals surface area contributed by atoms with Crippen LogP contribution < -0.4 is 11.3 Å². The fourth-order valence-corrected chi connectivity index (χ4v) is 7.86. The molecular weight excluding hydrogens is 581 g/mol. The van der Waals surface area contributed by atoms with Crippen molar-refractivity contribution < 1.29 is 14.6 Å². The maximum Gasteiger partial charge on any atom is 0.343 e. The number of ether oxygens (including phenoxy) is 1. The number of nitrogens with zero attached hydrogens (tertiary/aromatic N) is 3. The Hall–Kier alpha value is -4.38. The van der Waals surface area contributed by atoms with E-state index in [-0.39, 0.29) is 25.1 Å². The van der Waals surface area contributed by atoms with Crippen molar-refractivity contribution in [3.8, 4) is 11.4 Å². The second-order valence-electron chi connectivity index (χ2n) is 10.4. The van der Waals surface area contributed by atoms with Crippen LogP contribution in [0.4, 0.5) is 11.4 Å². The van der Waals surface area contributed by atoms with E-state index < -0.39 is 11.6 Å². The molecule has 0 unspecified atom stereocenters. The van der Waals surface area contributed by atoms with Crippen molar-refractivity contribution >= 4 is 56.0 Å². The van der Waals surface area contributed by atoms with E-state index >= 15 is 0 Å². The lowest BCUT2D eigenvalue weighted by Gasteiger charge is -2.31. The molecule has 0 fully saturated rings. The van der Waals surface area contributed by atoms with Crippen LogP contribution in [-0.2, 0) is 28.3 Å². The number of aliphatic hydroxyl groups is 1. The lowest BCUT2D eigenvalue weighted by Crippen LogP contribution is -2.44. The summed E-state index contributed by atoms with van der Waals surface area (Å²) in [5, 5.41) is 12.1. The molecule has 2 aliphatic heterocycles. The fourth-order valence-electron chi connectivity index (χ4n) is 5.62. The highest BCUT2D eigenvalue weighted by atomic mass is 33.1. The number of cyclic esters (lactones) is 1. The van der Waals surface area contributed by atoms with Crippen molar-refractivity contribution in [3.05, 3.63) is 111 Å². The van der Waals surface area contributed by atoms with Crippen molar-refractivity contribution in [2.24, 2.45) is 4.99 Å². The topological polar surface area (TPSA) is 120 Å². The van der Waals surface area contributed by atoms with Gasteiger partial charge in [0.05, 0.1) is 34.7 Å². The van der Waals surface area contributed by atoms with Gasteiger partial charge in [0.1, 0.15) is 6.61 Å². The summed E-state index contributed by atoms with van der Waals surface area (Å²) in [5.74, 6) is -0.742. The maximum absolute atomic E-state index is 13.7. The zero-order valence-electron chi connectivity index (χ0n) is 23.1. The number of fused-ring (bicyclic) bond motifs is 5. The number of aliphatic imine (C=N–C) groups is 1. The summed E-state index contributed by atoms with van der Waals surface area (Å²) in [6, 6.07) is 25.2. The highest BCUT2D eigenvalue weighted by molar-refractivity contribution is 8.76. The predicted molar refractivity (Wildman–Crippen MR) is 171 cm³/mol. The van der Waals surface area contributed by atoms with Crippen molar-refractivity contribution in [3.63, 3.8) is 0 Å². The van der Waals surface area contributed by atoms with Gasteiger partial charge in [0.2, 0.25) is 0 Å². The van der Waals surface area contributed by atoms with Crippen LogP contribution in [0.5, 0.6) is 0 Å². The summed E-state index contributed by atoms with van der Waals surface area (Å²) in [6.45, 7) is 1.81. The molecule has 0 spiro atoms. The predicted octanol–water partition coefficient (Wildman–Crippen LogP) is 6.21. The minimum atomic E-state index is -1.88. The number of benzene rings is 3. The summed E-state index contributed by atoms with van der Waals surface area (Å²) >= 11 is 0. The molecule has 0 saturated carbocycles. The number of hydrogen-bond donors (Lipinski definition) is 2. The quantitative estimate of drug-likeness (QED) is 0.0994. The fraction of sp³-hybridized carbons (Fsp3) is 0.152. The van der Waals surface area contributed by atoms with Gasteiger partial charge in [0.25, 0.3) is 5.56 Å². The first-order valence-corrected chi connectivity index (χ1v) is 15.9. The van der Waals surface area contributed by atoms with E-state index in [4.69, 9.17) is 20.4 Å². The van der Waals surface area contributed by atoms with Crippen molar-refractivity contribution in [2.45, 2.75) is 41.9 Å². The Morgan fingerprint density at radius 3 is 2.56 bits per heavy atom. The third-order valence-corrected chi connectivity index (χ3v) is 10.5. The Kier molecular flexibility index (Phi) is 6.84. The SMILES string of the molecule is CC[C@@]1(O)C(=O)OCc2c1cc1n(c2=O)Cc2c-1nc1ccccc1c2C=Nc1ccccc1SSc1ccccc1N. The van der Waals surface area contributed by atoms with E-state index in [0.717, 1.165) is 43.2 Å². The number of carbonyl (C=O) groups excluding carboxylic acids is 1. The van der Waals surface area contributed by atoms with E-state index in [1.807, 2.05) is 79.0 Å². The Morgan fingerprint density at radius 1 is 1.02 bits per heavy atom. The average molecular weight is 607 g/mol. The number of aromatic nitrogens is 2. The molecule has 3 aromatic carbocycles. The highest BCUT2D eigenvalue weighted by Crippen LogP contribution is 2.44. The maximum atomic E-state index is 13.7. The molecular formula is C33H26N4O4S2. The van der Waals surface area contributed by atoms with Gasteiger partial charge < -0.3 is 20.1 Å². The second-order valence-corrected chi connectivity index (χ2v) is 12.6. The summed E-state index contributed by atoms with van der Waals surface area (Å²) in [7, 11) is 3.17. The molecule has 3 N–H and O–H groups in total. The molecule has 2 aliphatic rings. The van der Waals surface area contributed by atoms with Gasteiger partial charge in [-0.15, -0.1) is 0 Å². The second kappa shape index (κ2) is 10.7. The van der Waals surface area contributed by atoms with E-state index in [1.54, 1.807) is 39.1 Å². The molecule has 10 heteroatoms. The number of hydrogen-bond acceptors (Lipinski definition) is 9. The van der Waals surface area contributed by atoms with Crippen LogP contribution in [0, 0.1) is 0 Å². The molecule has 0 bridgehead atoms. The number of rotatable bonds is 6. The molecule has 2 aromatic heterocycles. The van der Waals surface area contributed by atoms with Gasteiger partial charge in [-0.3, -0.25) is 9.79 Å². The number of nitrogen functional groups attached to an aromatic ring is 1. The van der Waals surface area contributed by atoms with Crippen molar-refractivity contribution in [1.29, 1.82) is 0 Å². The number of esters is 1. The Morgan fingerprint density at radius 2 is 1.74 bits per heavy atom. The number of pyridine rings is 2. The van der Waals surface area contributed by atoms with E-state index in [2.05, 4.69) is 0 Å². The number of anilines is 1. The molecule has 0 radical (unpaired) electrons. The van der Waals surface area contributed by atoms with Gasteiger partial charge in [-0.1, -0.05) is 71.0 Å². The number of nitrogens with two attached hydrogens (primary N) is 1. The van der Waals surface area contributed by atoms with E-state index in [0.29, 0.717) is 22.5 Å². The first-order valence-electron chi connectivity index (χ1n) is 13.8. The Bertz CT molecular complexity index is 2040. The highest BCUT2D eigenvalue weighted by Gasteiger charge is 2.45. The molecule has 214 valence electrons. The first kappa shape index (κ1) is 27.5. The summed E-state index contributed by atoms with van der Waals surface area (Å²) in [6.07, 6.45) is 1.93. The standard InChI is InChI=1S/C33H26N4O4S2/c1-2-33(40)23-15-27-30-21(17-37(27)31(38)22(23)18-41-32(33)39)20(19-9-3-5-11-25(19)36-30)16-35-26-12-6-8-14-29(26)43-42-28-13-7-4-10-24(28)34/h3-16,40H,2,17-18,34H2,1H3/t33-/m0/s1. The third-order valence-electron chi connectivity index (χ3n) is 7.98. The van der Waals surface area contributed by atoms with Crippen molar-refractivity contribution in [2.75, 3.05) is 5.73 Å². The first-order chi connectivity index (χ1) is 20.9. The van der Waals surface area contributed by atoms with Crippen LogP contribution >= 0.6 is 21.6 Å². The molecule has 0 aliphatic carbocycles. The average Bonchev–Trinajstić information content (AvgIpc) is 3.40. The van der Waals surface area contributed by atoms with Crippen LogP contribution in [0.25, 0.3) is 22.3 Å². The monoisotopic (exact) mass is 606 g/mol. The normalized spacial score (nSPS) is 17.1. The summed E-state index contributed by atoms with van der Waals surface area (Å²) < 4.78 is 6.86. The lowest BCUT2D eigenvalue weighted by atomic mass is 9.86. The molecule has 1 atom stereocenters. The zero-order chi connectivity index (χ0) is 29.7. The van der Waals surface area contributed by atoms with E-state index in [9.17, 15) is 14.7 Å². The van der Waals surface area contributed by atoms with Crippen LogP contribution in [0.2, 0.25) is 0 Å². The van der Waals surface area contributed by atoms with Crippen molar-refractivity contribution in [1.82, 2.24) is 9.55 Å². The van der Waals surface area contributed by atoms with Gasteiger partial charge in [0.15, 0.2) is 5.60 Å². The summed E-state index contributed by atoms with van der Waals surface area (Å²) in [5.41, 5.74) is 9.75. The summed E-state index contributed by atoms with van der Waals surface area (Å²) in [4.78, 5) is 38.1. The molecule has 4 heterocycles. The van der Waals surface area contributed by atoms with Gasteiger partial charge in [-0.2, -0.15) is 0 Å². The zero-order valence-corrected chi connectivity index (χ0v) is 24.7. The molecule has 5 aromatic rings. The van der Waals surface area contributed by atoms with Crippen LogP contribution in [0.1, 0.15) is 35.6 Å². The molecule has 0 amide bonds. The minimum Gasteiger partial charge on any atom is -0.458 e. The Labute approximate surface area is 255 Å². The number of carbonyl (C=O) groups is 1. The molecule has 0 saturated heterocycles. The molecule has 43 heavy (non-hydrogen) atoms. The van der Waals surface area contributed by atoms with Gasteiger partial charge in [-0.25, -0.2) is 9.78 Å². The van der Waals surface area contributed by atoms with E-state index in [1.165, 1.54) is 0 Å². The van der Waals surface area contributed by atoms with Crippen LogP contribution in [0.15, 0.2) is 98.4 Å². The molecule has 8 nitrogen and oxygen atoms in total. The van der Waals surface area contributed by atoms with Crippen LogP contribution in [-0.4, -0.2) is 26.8 Å².